The van der Waals surface area contributed by atoms with Gasteiger partial charge in [-0.05, 0) is 68.2 Å². The van der Waals surface area contributed by atoms with Crippen LogP contribution < -0.4 is 5.32 Å². The summed E-state index contributed by atoms with van der Waals surface area (Å²) >= 11 is 1.67. The number of carbonyl (C=O) groups is 2. The Morgan fingerprint density at radius 1 is 1.21 bits per heavy atom. The zero-order valence-electron chi connectivity index (χ0n) is 16.5. The van der Waals surface area contributed by atoms with Crippen LogP contribution in [-0.4, -0.2) is 34.8 Å². The minimum atomic E-state index is -0.0652. The topological polar surface area (TPSA) is 62.3 Å². The van der Waals surface area contributed by atoms with Crippen LogP contribution in [0.4, 0.5) is 5.82 Å². The van der Waals surface area contributed by atoms with Crippen LogP contribution in [0, 0.1) is 18.8 Å². The molecule has 1 N–H and O–H groups in total. The molecule has 1 fully saturated rings. The van der Waals surface area contributed by atoms with Crippen molar-refractivity contribution in [1.29, 1.82) is 0 Å². The molecular weight excluding hydrogens is 370 g/mol. The number of carbonyl (C=O) groups excluding carboxylic acids is 2. The summed E-state index contributed by atoms with van der Waals surface area (Å²) in [6.45, 7) is 5.52. The average Bonchev–Trinajstić information content (AvgIpc) is 3.12. The lowest BCUT2D eigenvalue weighted by Crippen LogP contribution is -2.41. The second-order valence-electron chi connectivity index (χ2n) is 8.18. The maximum absolute atomic E-state index is 12.9. The van der Waals surface area contributed by atoms with E-state index in [1.807, 2.05) is 24.0 Å². The monoisotopic (exact) mass is 397 g/mol. The van der Waals surface area contributed by atoms with Gasteiger partial charge in [-0.3, -0.25) is 9.59 Å². The van der Waals surface area contributed by atoms with Crippen LogP contribution in [-0.2, 0) is 17.6 Å². The largest absolute Gasteiger partial charge is 0.338 e. The number of pyridine rings is 1. The molecule has 0 aromatic carbocycles. The van der Waals surface area contributed by atoms with Gasteiger partial charge in [0.2, 0.25) is 5.91 Å². The normalized spacial score (nSPS) is 19.9. The molecule has 2 amide bonds. The number of rotatable bonds is 3. The molecule has 1 atom stereocenters. The van der Waals surface area contributed by atoms with Crippen LogP contribution in [0.25, 0.3) is 0 Å². The molecule has 3 heterocycles. The Labute approximate surface area is 170 Å². The summed E-state index contributed by atoms with van der Waals surface area (Å²) in [4.78, 5) is 33.8. The maximum Gasteiger partial charge on any atom is 0.263 e. The lowest BCUT2D eigenvalue weighted by atomic mass is 9.90. The molecule has 1 aliphatic heterocycles. The Morgan fingerprint density at radius 3 is 2.71 bits per heavy atom. The van der Waals surface area contributed by atoms with E-state index in [9.17, 15) is 9.59 Å². The minimum Gasteiger partial charge on any atom is -0.338 e. The molecule has 148 valence electrons. The lowest BCUT2D eigenvalue weighted by Gasteiger charge is -2.31. The van der Waals surface area contributed by atoms with E-state index in [1.165, 1.54) is 16.9 Å². The highest BCUT2D eigenvalue weighted by atomic mass is 32.1. The fourth-order valence-electron chi connectivity index (χ4n) is 4.08. The number of piperidine rings is 1. The summed E-state index contributed by atoms with van der Waals surface area (Å²) in [5, 5.41) is 2.90. The van der Waals surface area contributed by atoms with Crippen LogP contribution in [0.1, 0.15) is 51.9 Å². The van der Waals surface area contributed by atoms with Crippen molar-refractivity contribution in [2.24, 2.45) is 11.8 Å². The standard InChI is InChI=1S/C22H27N3O2S/c1-14-3-5-18-17(11-14)12-19(28-18)22(27)25-9-7-16(8-10-25)21(26)24-20-6-4-15(2)13-23-20/h4,6,12-14,16H,3,5,7-11H2,1-2H3,(H,23,24,26). The SMILES string of the molecule is Cc1ccc(NC(=O)C2CCN(C(=O)c3cc4c(s3)CCC(C)C4)CC2)nc1. The van der Waals surface area contributed by atoms with Gasteiger partial charge >= 0.3 is 0 Å². The van der Waals surface area contributed by atoms with Crippen molar-refractivity contribution in [2.75, 3.05) is 18.4 Å². The Bertz CT molecular complexity index is 866. The van der Waals surface area contributed by atoms with Crippen LogP contribution in [0.3, 0.4) is 0 Å². The third-order valence-electron chi connectivity index (χ3n) is 5.86. The number of hydrogen-bond donors (Lipinski definition) is 1. The number of aryl methyl sites for hydroxylation is 2. The molecule has 1 aliphatic carbocycles. The molecule has 1 unspecified atom stereocenters. The third kappa shape index (κ3) is 4.12. The zero-order chi connectivity index (χ0) is 19.7. The first kappa shape index (κ1) is 19.1. The summed E-state index contributed by atoms with van der Waals surface area (Å²) in [6.07, 6.45) is 6.56. The van der Waals surface area contributed by atoms with E-state index in [-0.39, 0.29) is 17.7 Å². The molecule has 0 saturated carbocycles. The van der Waals surface area contributed by atoms with E-state index in [0.29, 0.717) is 37.7 Å². The van der Waals surface area contributed by atoms with E-state index in [0.717, 1.165) is 23.3 Å². The van der Waals surface area contributed by atoms with Gasteiger partial charge < -0.3 is 10.2 Å². The fourth-order valence-corrected chi connectivity index (χ4v) is 5.26. The van der Waals surface area contributed by atoms with E-state index < -0.39 is 0 Å². The zero-order valence-corrected chi connectivity index (χ0v) is 17.3. The lowest BCUT2D eigenvalue weighted by molar-refractivity contribution is -0.121. The van der Waals surface area contributed by atoms with E-state index >= 15 is 0 Å². The first-order valence-corrected chi connectivity index (χ1v) is 11.0. The number of anilines is 1. The second kappa shape index (κ2) is 8.03. The molecule has 6 heteroatoms. The molecule has 4 rings (SSSR count). The van der Waals surface area contributed by atoms with Gasteiger partial charge in [-0.1, -0.05) is 13.0 Å². The van der Waals surface area contributed by atoms with Crippen LogP contribution >= 0.6 is 11.3 Å². The van der Waals surface area contributed by atoms with Crippen molar-refractivity contribution in [2.45, 2.75) is 46.0 Å². The molecule has 0 spiro atoms. The number of nitrogens with one attached hydrogen (secondary N) is 1. The van der Waals surface area contributed by atoms with Crippen LogP contribution in [0.5, 0.6) is 0 Å². The average molecular weight is 398 g/mol. The van der Waals surface area contributed by atoms with Crippen molar-refractivity contribution < 1.29 is 9.59 Å². The summed E-state index contributed by atoms with van der Waals surface area (Å²) < 4.78 is 0. The Balaban J connectivity index is 1.33. The van der Waals surface area contributed by atoms with Crippen molar-refractivity contribution in [3.05, 3.63) is 45.3 Å². The molecule has 28 heavy (non-hydrogen) atoms. The fraction of sp³-hybridized carbons (Fsp3) is 0.500. The molecule has 2 aromatic heterocycles. The van der Waals surface area contributed by atoms with Crippen molar-refractivity contribution >= 4 is 29.0 Å². The van der Waals surface area contributed by atoms with Gasteiger partial charge in [-0.2, -0.15) is 0 Å². The van der Waals surface area contributed by atoms with Gasteiger partial charge in [-0.15, -0.1) is 11.3 Å². The third-order valence-corrected chi connectivity index (χ3v) is 7.08. The first-order chi connectivity index (χ1) is 13.5. The van der Waals surface area contributed by atoms with Crippen LogP contribution in [0.15, 0.2) is 24.4 Å². The molecular formula is C22H27N3O2S. The predicted molar refractivity (Wildman–Crippen MR) is 112 cm³/mol. The first-order valence-electron chi connectivity index (χ1n) is 10.1. The smallest absolute Gasteiger partial charge is 0.263 e. The van der Waals surface area contributed by atoms with Gasteiger partial charge in [0.15, 0.2) is 0 Å². The number of thiophene rings is 1. The Kier molecular flexibility index (Phi) is 5.49. The Hall–Kier alpha value is -2.21. The number of hydrogen-bond acceptors (Lipinski definition) is 4. The minimum absolute atomic E-state index is 0.00373. The van der Waals surface area contributed by atoms with Crippen molar-refractivity contribution in [3.8, 4) is 0 Å². The molecule has 0 radical (unpaired) electrons. The molecule has 5 nitrogen and oxygen atoms in total. The molecule has 2 aromatic rings. The summed E-state index contributed by atoms with van der Waals surface area (Å²) in [7, 11) is 0. The quantitative estimate of drug-likeness (QED) is 0.849. The predicted octanol–water partition coefficient (Wildman–Crippen LogP) is 4.07. The number of fused-ring (bicyclic) bond motifs is 1. The van der Waals surface area contributed by atoms with Gasteiger partial charge in [0.1, 0.15) is 5.82 Å². The molecule has 1 saturated heterocycles. The maximum atomic E-state index is 12.9. The highest BCUT2D eigenvalue weighted by Gasteiger charge is 2.29. The number of likely N-dealkylation sites (tertiary alicyclic amines) is 1. The van der Waals surface area contributed by atoms with Gasteiger partial charge in [-0.25, -0.2) is 4.98 Å². The van der Waals surface area contributed by atoms with Crippen molar-refractivity contribution in [3.63, 3.8) is 0 Å². The van der Waals surface area contributed by atoms with E-state index in [1.54, 1.807) is 17.5 Å². The summed E-state index contributed by atoms with van der Waals surface area (Å²) in [6, 6.07) is 5.87. The summed E-state index contributed by atoms with van der Waals surface area (Å²) in [5.74, 6) is 1.37. The number of nitrogens with zero attached hydrogens (tertiary/aromatic N) is 2. The highest BCUT2D eigenvalue weighted by molar-refractivity contribution is 7.14. The van der Waals surface area contributed by atoms with E-state index in [4.69, 9.17) is 0 Å². The highest BCUT2D eigenvalue weighted by Crippen LogP contribution is 2.33. The Morgan fingerprint density at radius 2 is 2.00 bits per heavy atom. The molecule has 2 aliphatic rings. The number of aromatic nitrogens is 1. The number of amides is 2. The van der Waals surface area contributed by atoms with Gasteiger partial charge in [0.05, 0.1) is 4.88 Å². The van der Waals surface area contributed by atoms with Crippen molar-refractivity contribution in [1.82, 2.24) is 9.88 Å². The van der Waals surface area contributed by atoms with Gasteiger partial charge in [0, 0.05) is 30.1 Å². The van der Waals surface area contributed by atoms with Gasteiger partial charge in [0.25, 0.3) is 5.91 Å². The van der Waals surface area contributed by atoms with Crippen LogP contribution in [0.2, 0.25) is 0 Å². The molecule has 0 bridgehead atoms. The summed E-state index contributed by atoms with van der Waals surface area (Å²) in [5.41, 5.74) is 2.43. The second-order valence-corrected chi connectivity index (χ2v) is 9.32. The van der Waals surface area contributed by atoms with E-state index in [2.05, 4.69) is 23.3 Å².